The molecule has 0 spiro atoms. The van der Waals surface area contributed by atoms with Crippen molar-refractivity contribution in [1.29, 1.82) is 5.41 Å². The number of hydrogen-bond acceptors (Lipinski definition) is 7. The minimum absolute atomic E-state index is 0.0300. The number of anilines is 2. The first-order valence-corrected chi connectivity index (χ1v) is 12.6. The third kappa shape index (κ3) is 5.81. The topological polar surface area (TPSA) is 111 Å². The van der Waals surface area contributed by atoms with Crippen molar-refractivity contribution in [2.75, 3.05) is 29.9 Å². The Morgan fingerprint density at radius 3 is 2.60 bits per heavy atom. The highest BCUT2D eigenvalue weighted by Crippen LogP contribution is 2.34. The second-order valence-electron chi connectivity index (χ2n) is 10.6. The van der Waals surface area contributed by atoms with E-state index >= 15 is 0 Å². The molecule has 2 aromatic rings. The van der Waals surface area contributed by atoms with Crippen LogP contribution in [0, 0.1) is 11.3 Å². The van der Waals surface area contributed by atoms with Crippen LogP contribution in [0.2, 0.25) is 0 Å². The van der Waals surface area contributed by atoms with Crippen LogP contribution in [0.3, 0.4) is 0 Å². The Morgan fingerprint density at radius 1 is 1.26 bits per heavy atom. The zero-order chi connectivity index (χ0) is 25.2. The molecule has 0 atom stereocenters. The van der Waals surface area contributed by atoms with Gasteiger partial charge in [0.1, 0.15) is 11.6 Å². The number of hydrogen-bond donors (Lipinski definition) is 3. The van der Waals surface area contributed by atoms with E-state index in [1.54, 1.807) is 12.3 Å². The molecule has 1 aliphatic heterocycles. The number of morpholine rings is 1. The molecule has 3 heterocycles. The second-order valence-corrected chi connectivity index (χ2v) is 10.6. The summed E-state index contributed by atoms with van der Waals surface area (Å²) >= 11 is 0. The van der Waals surface area contributed by atoms with Gasteiger partial charge in [-0.15, -0.1) is 0 Å². The quantitative estimate of drug-likeness (QED) is 0.467. The standard InChI is InChI=1S/C27H37N5O3/c1-17(2)24(28)23-20(14-21(26(33)34)31-25(23)30-19-8-6-5-7-9-19)18-10-11-22(29-15-18)32-12-13-35-27(3,4)16-32/h10-11,14-15,17,19,28H,5-9,12-13,16H2,1-4H3,(H,30,31)(H,33,34). The zero-order valence-electron chi connectivity index (χ0n) is 21.2. The minimum Gasteiger partial charge on any atom is -0.477 e. The average molecular weight is 480 g/mol. The van der Waals surface area contributed by atoms with Gasteiger partial charge in [-0.25, -0.2) is 14.8 Å². The van der Waals surface area contributed by atoms with Crippen LogP contribution in [0.15, 0.2) is 24.4 Å². The molecule has 2 fully saturated rings. The predicted octanol–water partition coefficient (Wildman–Crippen LogP) is 5.23. The summed E-state index contributed by atoms with van der Waals surface area (Å²) in [5.74, 6) is 0.227. The largest absolute Gasteiger partial charge is 0.477 e. The molecule has 8 heteroatoms. The lowest BCUT2D eigenvalue weighted by molar-refractivity contribution is -0.0279. The fraction of sp³-hybridized carbons (Fsp3) is 0.556. The average Bonchev–Trinajstić information content (AvgIpc) is 2.83. The molecule has 4 rings (SSSR count). The maximum absolute atomic E-state index is 12.0. The van der Waals surface area contributed by atoms with Gasteiger partial charge in [0.15, 0.2) is 5.69 Å². The van der Waals surface area contributed by atoms with Gasteiger partial charge in [0, 0.05) is 42.2 Å². The molecule has 8 nitrogen and oxygen atoms in total. The fourth-order valence-corrected chi connectivity index (χ4v) is 4.93. The summed E-state index contributed by atoms with van der Waals surface area (Å²) in [6, 6.07) is 5.74. The van der Waals surface area contributed by atoms with Crippen LogP contribution in [-0.4, -0.2) is 58.1 Å². The first kappa shape index (κ1) is 25.1. The molecular weight excluding hydrogens is 442 g/mol. The van der Waals surface area contributed by atoms with Gasteiger partial charge < -0.3 is 25.5 Å². The van der Waals surface area contributed by atoms with Gasteiger partial charge in [0.2, 0.25) is 0 Å². The molecule has 3 N–H and O–H groups in total. The van der Waals surface area contributed by atoms with Gasteiger partial charge in [0.25, 0.3) is 0 Å². The highest BCUT2D eigenvalue weighted by Gasteiger charge is 2.28. The van der Waals surface area contributed by atoms with E-state index in [1.807, 2.05) is 26.0 Å². The van der Waals surface area contributed by atoms with E-state index in [4.69, 9.17) is 15.1 Å². The summed E-state index contributed by atoms with van der Waals surface area (Å²) in [7, 11) is 0. The molecule has 0 radical (unpaired) electrons. The number of nitrogens with zero attached hydrogens (tertiary/aromatic N) is 3. The number of carbonyl (C=O) groups is 1. The third-order valence-electron chi connectivity index (χ3n) is 6.84. The van der Waals surface area contributed by atoms with Crippen molar-refractivity contribution in [1.82, 2.24) is 9.97 Å². The maximum atomic E-state index is 12.0. The first-order chi connectivity index (χ1) is 16.6. The Labute approximate surface area is 207 Å². The molecule has 0 unspecified atom stereocenters. The van der Waals surface area contributed by atoms with Gasteiger partial charge in [0.05, 0.1) is 12.2 Å². The lowest BCUT2D eigenvalue weighted by Crippen LogP contribution is -2.48. The number of pyridine rings is 2. The van der Waals surface area contributed by atoms with Crippen molar-refractivity contribution in [3.05, 3.63) is 35.7 Å². The molecule has 0 amide bonds. The Hall–Kier alpha value is -3.00. The molecule has 1 aliphatic carbocycles. The number of aromatic nitrogens is 2. The van der Waals surface area contributed by atoms with Crippen LogP contribution in [0.1, 0.15) is 75.9 Å². The van der Waals surface area contributed by atoms with E-state index in [2.05, 4.69) is 29.0 Å². The lowest BCUT2D eigenvalue weighted by atomic mass is 9.91. The Morgan fingerprint density at radius 2 is 2.00 bits per heavy atom. The number of nitrogens with one attached hydrogen (secondary N) is 2. The van der Waals surface area contributed by atoms with Gasteiger partial charge in [-0.1, -0.05) is 33.1 Å². The summed E-state index contributed by atoms with van der Waals surface area (Å²) in [5, 5.41) is 22.2. The van der Waals surface area contributed by atoms with Crippen LogP contribution in [0.4, 0.5) is 11.6 Å². The van der Waals surface area contributed by atoms with E-state index in [0.29, 0.717) is 29.3 Å². The number of carboxylic acid groups (broad SMARTS) is 1. The number of aromatic carboxylic acids is 1. The van der Waals surface area contributed by atoms with Gasteiger partial charge >= 0.3 is 5.97 Å². The summed E-state index contributed by atoms with van der Waals surface area (Å²) in [6.07, 6.45) is 7.33. The summed E-state index contributed by atoms with van der Waals surface area (Å²) < 4.78 is 5.82. The Bertz CT molecular complexity index is 1070. The van der Waals surface area contributed by atoms with E-state index in [0.717, 1.165) is 50.2 Å². The third-order valence-corrected chi connectivity index (χ3v) is 6.84. The molecule has 2 aliphatic rings. The number of ether oxygens (including phenoxy) is 1. The Balaban J connectivity index is 1.76. The molecular formula is C27H37N5O3. The van der Waals surface area contributed by atoms with Crippen LogP contribution in [-0.2, 0) is 4.74 Å². The Kier molecular flexibility index (Phi) is 7.40. The maximum Gasteiger partial charge on any atom is 0.354 e. The van der Waals surface area contributed by atoms with Crippen molar-refractivity contribution in [3.63, 3.8) is 0 Å². The van der Waals surface area contributed by atoms with Crippen molar-refractivity contribution < 1.29 is 14.6 Å². The lowest BCUT2D eigenvalue weighted by Gasteiger charge is -2.38. The van der Waals surface area contributed by atoms with Crippen molar-refractivity contribution in [2.45, 2.75) is 71.4 Å². The summed E-state index contributed by atoms with van der Waals surface area (Å²) in [6.45, 7) is 10.3. The van der Waals surface area contributed by atoms with Crippen LogP contribution in [0.25, 0.3) is 11.1 Å². The SMILES string of the molecule is CC(C)C(=N)c1c(-c2ccc(N3CCOC(C)(C)C3)nc2)cc(C(=O)O)nc1NC1CCCCC1. The highest BCUT2D eigenvalue weighted by atomic mass is 16.5. The van der Waals surface area contributed by atoms with Crippen molar-refractivity contribution >= 4 is 23.3 Å². The van der Waals surface area contributed by atoms with Gasteiger partial charge in [-0.05, 0) is 56.4 Å². The minimum atomic E-state index is -1.08. The molecule has 0 bridgehead atoms. The van der Waals surface area contributed by atoms with Crippen LogP contribution < -0.4 is 10.2 Å². The molecule has 35 heavy (non-hydrogen) atoms. The van der Waals surface area contributed by atoms with Crippen molar-refractivity contribution in [2.24, 2.45) is 5.92 Å². The van der Waals surface area contributed by atoms with Crippen LogP contribution in [0.5, 0.6) is 0 Å². The second kappa shape index (κ2) is 10.3. The van der Waals surface area contributed by atoms with E-state index in [1.165, 1.54) is 6.42 Å². The smallest absolute Gasteiger partial charge is 0.354 e. The first-order valence-electron chi connectivity index (χ1n) is 12.6. The van der Waals surface area contributed by atoms with E-state index in [9.17, 15) is 9.90 Å². The van der Waals surface area contributed by atoms with Crippen molar-refractivity contribution in [3.8, 4) is 11.1 Å². The molecule has 1 saturated carbocycles. The number of carboxylic acids is 1. The molecule has 2 aromatic heterocycles. The summed E-state index contributed by atoms with van der Waals surface area (Å²) in [5.41, 5.74) is 2.28. The fourth-order valence-electron chi connectivity index (χ4n) is 4.93. The predicted molar refractivity (Wildman–Crippen MR) is 139 cm³/mol. The molecule has 188 valence electrons. The molecule has 1 saturated heterocycles. The van der Waals surface area contributed by atoms with Gasteiger partial charge in [-0.3, -0.25) is 0 Å². The van der Waals surface area contributed by atoms with E-state index < -0.39 is 5.97 Å². The normalized spacial score (nSPS) is 18.5. The van der Waals surface area contributed by atoms with Crippen LogP contribution >= 0.6 is 0 Å². The van der Waals surface area contributed by atoms with Gasteiger partial charge in [-0.2, -0.15) is 0 Å². The summed E-state index contributed by atoms with van der Waals surface area (Å²) in [4.78, 5) is 23.4. The monoisotopic (exact) mass is 479 g/mol. The number of rotatable bonds is 7. The van der Waals surface area contributed by atoms with E-state index in [-0.39, 0.29) is 23.3 Å². The molecule has 0 aromatic carbocycles. The zero-order valence-corrected chi connectivity index (χ0v) is 21.2. The highest BCUT2D eigenvalue weighted by molar-refractivity contribution is 6.09.